The van der Waals surface area contributed by atoms with Crippen LogP contribution in [0.15, 0.2) is 67.0 Å². The van der Waals surface area contributed by atoms with E-state index in [0.29, 0.717) is 39.8 Å². The summed E-state index contributed by atoms with van der Waals surface area (Å²) < 4.78 is 0. The Balaban J connectivity index is 1.29. The largest absolute Gasteiger partial charge is 0.387 e. The molecule has 1 heterocycles. The topological polar surface area (TPSA) is 110 Å². The van der Waals surface area contributed by atoms with Crippen LogP contribution in [0.1, 0.15) is 41.4 Å². The standard InChI is InChI=1S/C28H29Cl2N5O3/c1-17(2)35(15-26(36)19-5-9-22(29)23(30)13-19)28(38)34-21-7-3-18(4-8-21)11-12-31-27(37)20-6-10-24-25(14-20)33-16-32-24/h3-10,13-14,16-17,26,36H,11-12,15H2,1-2H3,(H,31,37)(H,32,33)(H,34,38)/t26-/m1/s1. The Morgan fingerprint density at radius 1 is 1.03 bits per heavy atom. The molecule has 0 fully saturated rings. The number of nitrogens with zero attached hydrogens (tertiary/aromatic N) is 2. The van der Waals surface area contributed by atoms with Crippen molar-refractivity contribution < 1.29 is 14.7 Å². The highest BCUT2D eigenvalue weighted by Crippen LogP contribution is 2.26. The first kappa shape index (κ1) is 27.4. The number of rotatable bonds is 9. The molecule has 4 rings (SSSR count). The van der Waals surface area contributed by atoms with Gasteiger partial charge in [-0.25, -0.2) is 9.78 Å². The van der Waals surface area contributed by atoms with Crippen LogP contribution < -0.4 is 10.6 Å². The summed E-state index contributed by atoms with van der Waals surface area (Å²) in [5, 5.41) is 17.2. The number of halogens is 2. The zero-order valence-corrected chi connectivity index (χ0v) is 22.6. The molecular weight excluding hydrogens is 525 g/mol. The molecule has 1 atom stereocenters. The van der Waals surface area contributed by atoms with Crippen molar-refractivity contribution in [1.82, 2.24) is 20.2 Å². The molecule has 3 amide bonds. The van der Waals surface area contributed by atoms with Gasteiger partial charge < -0.3 is 25.6 Å². The fourth-order valence-corrected chi connectivity index (χ4v) is 4.30. The second-order valence-electron chi connectivity index (χ2n) is 9.20. The molecule has 38 heavy (non-hydrogen) atoms. The number of fused-ring (bicyclic) bond motifs is 1. The molecule has 0 saturated heterocycles. The Hall–Kier alpha value is -3.59. The fraction of sp³-hybridized carbons (Fsp3) is 0.250. The van der Waals surface area contributed by atoms with Gasteiger partial charge in [-0.3, -0.25) is 4.79 Å². The molecule has 4 aromatic rings. The van der Waals surface area contributed by atoms with Gasteiger partial charge in [0.1, 0.15) is 0 Å². The first-order chi connectivity index (χ1) is 18.2. The maximum absolute atomic E-state index is 13.0. The van der Waals surface area contributed by atoms with Crippen molar-refractivity contribution in [3.05, 3.63) is 93.7 Å². The van der Waals surface area contributed by atoms with E-state index in [1.54, 1.807) is 41.6 Å². The van der Waals surface area contributed by atoms with Gasteiger partial charge in [0.25, 0.3) is 5.91 Å². The Morgan fingerprint density at radius 3 is 2.50 bits per heavy atom. The number of aliphatic hydroxyl groups is 1. The summed E-state index contributed by atoms with van der Waals surface area (Å²) in [4.78, 5) is 34.2. The van der Waals surface area contributed by atoms with Gasteiger partial charge in [-0.2, -0.15) is 0 Å². The summed E-state index contributed by atoms with van der Waals surface area (Å²) in [6, 6.07) is 17.2. The van der Waals surface area contributed by atoms with Gasteiger partial charge in [-0.15, -0.1) is 0 Å². The number of benzene rings is 3. The second-order valence-corrected chi connectivity index (χ2v) is 10.0. The van der Waals surface area contributed by atoms with E-state index in [0.717, 1.165) is 16.6 Å². The third-order valence-electron chi connectivity index (χ3n) is 6.17. The predicted molar refractivity (Wildman–Crippen MR) is 151 cm³/mol. The molecule has 0 unspecified atom stereocenters. The SMILES string of the molecule is CC(C)N(C[C@@H](O)c1ccc(Cl)c(Cl)c1)C(=O)Nc1ccc(CCNC(=O)c2ccc3nc[nH]c3c2)cc1. The fourth-order valence-electron chi connectivity index (χ4n) is 3.99. The Bertz CT molecular complexity index is 1420. The van der Waals surface area contributed by atoms with Crippen LogP contribution in [0.3, 0.4) is 0 Å². The molecule has 0 saturated carbocycles. The van der Waals surface area contributed by atoms with Gasteiger partial charge in [0.2, 0.25) is 0 Å². The van der Waals surface area contributed by atoms with Crippen molar-refractivity contribution in [2.45, 2.75) is 32.4 Å². The molecular formula is C28H29Cl2N5O3. The molecule has 10 heteroatoms. The molecule has 0 aliphatic rings. The number of nitrogens with one attached hydrogen (secondary N) is 3. The van der Waals surface area contributed by atoms with Crippen molar-refractivity contribution in [1.29, 1.82) is 0 Å². The smallest absolute Gasteiger partial charge is 0.322 e. The molecule has 0 radical (unpaired) electrons. The number of aromatic amines is 1. The van der Waals surface area contributed by atoms with Gasteiger partial charge in [0.15, 0.2) is 0 Å². The number of carbonyl (C=O) groups is 2. The van der Waals surface area contributed by atoms with Gasteiger partial charge >= 0.3 is 6.03 Å². The number of aromatic nitrogens is 2. The van der Waals surface area contributed by atoms with Crippen molar-refractivity contribution in [2.75, 3.05) is 18.4 Å². The number of imidazole rings is 1. The average Bonchev–Trinajstić information content (AvgIpc) is 3.37. The third kappa shape index (κ3) is 6.83. The van der Waals surface area contributed by atoms with Crippen LogP contribution in [0.2, 0.25) is 10.0 Å². The summed E-state index contributed by atoms with van der Waals surface area (Å²) in [6.07, 6.45) is 1.32. The predicted octanol–water partition coefficient (Wildman–Crippen LogP) is 5.82. The van der Waals surface area contributed by atoms with Crippen LogP contribution in [0.5, 0.6) is 0 Å². The highest BCUT2D eigenvalue weighted by atomic mass is 35.5. The van der Waals surface area contributed by atoms with Crippen molar-refractivity contribution >= 4 is 51.9 Å². The Kier molecular flexibility index (Phi) is 8.89. The van der Waals surface area contributed by atoms with E-state index in [9.17, 15) is 14.7 Å². The van der Waals surface area contributed by atoms with Gasteiger partial charge in [0.05, 0.1) is 40.1 Å². The van der Waals surface area contributed by atoms with Crippen molar-refractivity contribution in [3.63, 3.8) is 0 Å². The molecule has 4 N–H and O–H groups in total. The number of hydrogen-bond acceptors (Lipinski definition) is 4. The van der Waals surface area contributed by atoms with E-state index in [1.165, 1.54) is 0 Å². The van der Waals surface area contributed by atoms with E-state index in [1.807, 2.05) is 44.2 Å². The lowest BCUT2D eigenvalue weighted by Crippen LogP contribution is -2.42. The first-order valence-electron chi connectivity index (χ1n) is 12.2. The van der Waals surface area contributed by atoms with Crippen molar-refractivity contribution in [3.8, 4) is 0 Å². The van der Waals surface area contributed by atoms with Gasteiger partial charge in [-0.05, 0) is 73.9 Å². The molecule has 3 aromatic carbocycles. The van der Waals surface area contributed by atoms with Crippen LogP contribution in [0.25, 0.3) is 11.0 Å². The number of anilines is 1. The van der Waals surface area contributed by atoms with Gasteiger partial charge in [-0.1, -0.05) is 41.4 Å². The lowest BCUT2D eigenvalue weighted by atomic mass is 10.1. The zero-order valence-electron chi connectivity index (χ0n) is 21.0. The number of hydrogen-bond donors (Lipinski definition) is 4. The molecule has 0 aliphatic heterocycles. The third-order valence-corrected chi connectivity index (χ3v) is 6.91. The minimum atomic E-state index is -0.920. The maximum Gasteiger partial charge on any atom is 0.322 e. The first-order valence-corrected chi connectivity index (χ1v) is 13.0. The zero-order chi connectivity index (χ0) is 27.2. The summed E-state index contributed by atoms with van der Waals surface area (Å²) in [5.41, 5.74) is 4.42. The molecule has 0 aliphatic carbocycles. The van der Waals surface area contributed by atoms with Crippen LogP contribution in [-0.2, 0) is 6.42 Å². The number of H-pyrrole nitrogens is 1. The van der Waals surface area contributed by atoms with Crippen LogP contribution in [0, 0.1) is 0 Å². The average molecular weight is 554 g/mol. The summed E-state index contributed by atoms with van der Waals surface area (Å²) in [6.45, 7) is 4.32. The Morgan fingerprint density at radius 2 is 1.79 bits per heavy atom. The molecule has 198 valence electrons. The second kappa shape index (κ2) is 12.3. The monoisotopic (exact) mass is 553 g/mol. The van der Waals surface area contributed by atoms with Crippen molar-refractivity contribution in [2.24, 2.45) is 0 Å². The normalized spacial score (nSPS) is 11.9. The molecule has 0 spiro atoms. The van der Waals surface area contributed by atoms with E-state index in [-0.39, 0.29) is 24.5 Å². The number of carbonyl (C=O) groups excluding carboxylic acids is 2. The Labute approximate surface area is 231 Å². The summed E-state index contributed by atoms with van der Waals surface area (Å²) in [7, 11) is 0. The number of amides is 3. The molecule has 1 aromatic heterocycles. The maximum atomic E-state index is 13.0. The summed E-state index contributed by atoms with van der Waals surface area (Å²) >= 11 is 12.0. The minimum Gasteiger partial charge on any atom is -0.387 e. The van der Waals surface area contributed by atoms with Crippen LogP contribution >= 0.6 is 23.2 Å². The number of aliphatic hydroxyl groups excluding tert-OH is 1. The van der Waals surface area contributed by atoms with E-state index in [4.69, 9.17) is 23.2 Å². The van der Waals surface area contributed by atoms with Gasteiger partial charge in [0, 0.05) is 23.8 Å². The highest BCUT2D eigenvalue weighted by Gasteiger charge is 2.22. The van der Waals surface area contributed by atoms with Crippen LogP contribution in [0.4, 0.5) is 10.5 Å². The van der Waals surface area contributed by atoms with E-state index >= 15 is 0 Å². The summed E-state index contributed by atoms with van der Waals surface area (Å²) in [5.74, 6) is -0.151. The molecule has 0 bridgehead atoms. The lowest BCUT2D eigenvalue weighted by molar-refractivity contribution is 0.0954. The minimum absolute atomic E-state index is 0.0898. The highest BCUT2D eigenvalue weighted by molar-refractivity contribution is 6.42. The lowest BCUT2D eigenvalue weighted by Gasteiger charge is -2.29. The number of urea groups is 1. The van der Waals surface area contributed by atoms with Crippen LogP contribution in [-0.4, -0.2) is 51.0 Å². The van der Waals surface area contributed by atoms with E-state index in [2.05, 4.69) is 20.6 Å². The quantitative estimate of drug-likeness (QED) is 0.209. The van der Waals surface area contributed by atoms with E-state index < -0.39 is 6.10 Å². The molecule has 8 nitrogen and oxygen atoms in total.